The van der Waals surface area contributed by atoms with Crippen LogP contribution in [-0.2, 0) is 17.5 Å². The predicted molar refractivity (Wildman–Crippen MR) is 73.6 cm³/mol. The lowest BCUT2D eigenvalue weighted by atomic mass is 10.1. The van der Waals surface area contributed by atoms with E-state index in [0.717, 1.165) is 18.4 Å². The summed E-state index contributed by atoms with van der Waals surface area (Å²) in [5.41, 5.74) is 0.371. The number of aromatic nitrogens is 1. The van der Waals surface area contributed by atoms with E-state index < -0.39 is 5.72 Å². The molecule has 1 atom stereocenters. The lowest BCUT2D eigenvalue weighted by Gasteiger charge is -2.24. The zero-order valence-corrected chi connectivity index (χ0v) is 11.5. The Morgan fingerprint density at radius 2 is 2.50 bits per heavy atom. The minimum Gasteiger partial charge on any atom is -0.470 e. The molecule has 96 valence electrons. The van der Waals surface area contributed by atoms with Crippen LogP contribution in [0.4, 0.5) is 0 Å². The molecule has 4 nitrogen and oxygen atoms in total. The Labute approximate surface area is 112 Å². The zero-order chi connectivity index (χ0) is 12.8. The van der Waals surface area contributed by atoms with Crippen molar-refractivity contribution in [3.63, 3.8) is 0 Å². The first kappa shape index (κ1) is 13.1. The monoisotopic (exact) mass is 264 g/mol. The number of aryl methyl sites for hydroxylation is 1. The van der Waals surface area contributed by atoms with Crippen LogP contribution < -0.4 is 9.29 Å². The SMILES string of the molecule is CCCC=COC1(c2ccc[n+](C)c2)C=NSN1. The molecule has 0 aliphatic carbocycles. The molecule has 18 heavy (non-hydrogen) atoms. The molecule has 0 bridgehead atoms. The van der Waals surface area contributed by atoms with Gasteiger partial charge in [-0.1, -0.05) is 13.3 Å². The molecule has 1 aliphatic rings. The van der Waals surface area contributed by atoms with E-state index >= 15 is 0 Å². The average molecular weight is 264 g/mol. The Morgan fingerprint density at radius 1 is 1.61 bits per heavy atom. The van der Waals surface area contributed by atoms with E-state index in [2.05, 4.69) is 16.0 Å². The molecule has 2 heterocycles. The van der Waals surface area contributed by atoms with Crippen molar-refractivity contribution in [3.8, 4) is 0 Å². The summed E-state index contributed by atoms with van der Waals surface area (Å²) in [6, 6.07) is 4.02. The van der Waals surface area contributed by atoms with E-state index in [9.17, 15) is 0 Å². The quantitative estimate of drug-likeness (QED) is 0.503. The molecule has 1 aromatic heterocycles. The number of nitrogens with one attached hydrogen (secondary N) is 1. The third-order valence-corrected chi connectivity index (χ3v) is 3.26. The van der Waals surface area contributed by atoms with Gasteiger partial charge in [-0.15, -0.1) is 0 Å². The normalized spacial score (nSPS) is 22.8. The molecular weight excluding hydrogens is 246 g/mol. The number of rotatable bonds is 5. The van der Waals surface area contributed by atoms with Gasteiger partial charge in [0.05, 0.1) is 30.2 Å². The highest BCUT2D eigenvalue weighted by Crippen LogP contribution is 2.28. The summed E-state index contributed by atoms with van der Waals surface area (Å²) in [6.45, 7) is 2.14. The van der Waals surface area contributed by atoms with Crippen LogP contribution in [0.1, 0.15) is 25.3 Å². The summed E-state index contributed by atoms with van der Waals surface area (Å²) in [7, 11) is 1.99. The molecule has 0 amide bonds. The molecule has 0 saturated heterocycles. The number of ether oxygens (including phenoxy) is 1. The second-order valence-corrected chi connectivity index (χ2v) is 4.80. The van der Waals surface area contributed by atoms with Gasteiger partial charge in [0, 0.05) is 6.07 Å². The molecule has 5 heteroatoms. The number of hydrogen-bond acceptors (Lipinski definition) is 4. The predicted octanol–water partition coefficient (Wildman–Crippen LogP) is 2.23. The Hall–Kier alpha value is -1.33. The van der Waals surface area contributed by atoms with Crippen LogP contribution in [-0.4, -0.2) is 6.21 Å². The summed E-state index contributed by atoms with van der Waals surface area (Å²) in [5, 5.41) is 0. The number of unbranched alkanes of at least 4 members (excludes halogenated alkanes) is 1. The van der Waals surface area contributed by atoms with E-state index in [0.29, 0.717) is 0 Å². The largest absolute Gasteiger partial charge is 0.470 e. The fourth-order valence-electron chi connectivity index (χ4n) is 1.67. The van der Waals surface area contributed by atoms with Crippen LogP contribution >= 0.6 is 12.1 Å². The van der Waals surface area contributed by atoms with Crippen LogP contribution in [0.25, 0.3) is 0 Å². The van der Waals surface area contributed by atoms with Gasteiger partial charge in [0.15, 0.2) is 12.4 Å². The summed E-state index contributed by atoms with van der Waals surface area (Å²) in [4.78, 5) is 0. The zero-order valence-electron chi connectivity index (χ0n) is 10.7. The molecule has 1 unspecified atom stereocenters. The van der Waals surface area contributed by atoms with E-state index in [1.807, 2.05) is 42.2 Å². The van der Waals surface area contributed by atoms with Crippen LogP contribution in [0.5, 0.6) is 0 Å². The Kier molecular flexibility index (Phi) is 4.38. The number of hydrogen-bond donors (Lipinski definition) is 1. The maximum Gasteiger partial charge on any atom is 0.239 e. The lowest BCUT2D eigenvalue weighted by Crippen LogP contribution is -2.41. The minimum atomic E-state index is -0.659. The van der Waals surface area contributed by atoms with E-state index in [1.54, 1.807) is 12.5 Å². The van der Waals surface area contributed by atoms with Gasteiger partial charge in [0.2, 0.25) is 5.72 Å². The molecule has 0 saturated carbocycles. The van der Waals surface area contributed by atoms with Crippen LogP contribution in [0.2, 0.25) is 0 Å². The van der Waals surface area contributed by atoms with Gasteiger partial charge in [-0.25, -0.2) is 8.96 Å². The molecular formula is C13H18N3OS+. The van der Waals surface area contributed by atoms with Gasteiger partial charge in [-0.2, -0.15) is 4.72 Å². The highest BCUT2D eigenvalue weighted by atomic mass is 32.2. The van der Waals surface area contributed by atoms with Crippen molar-refractivity contribution in [1.29, 1.82) is 0 Å². The standard InChI is InChI=1S/C13H18N3OS/c1-3-4-5-9-17-13(11-14-18-15-13)12-7-6-8-16(2)10-12/h5-11,15H,3-4H2,1-2H3/q+1. The second kappa shape index (κ2) is 6.02. The van der Waals surface area contributed by atoms with Crippen molar-refractivity contribution in [1.82, 2.24) is 4.72 Å². The number of pyridine rings is 1. The molecule has 0 fully saturated rings. The van der Waals surface area contributed by atoms with Gasteiger partial charge < -0.3 is 4.74 Å². The lowest BCUT2D eigenvalue weighted by molar-refractivity contribution is -0.672. The molecule has 1 aromatic rings. The maximum absolute atomic E-state index is 5.86. The second-order valence-electron chi connectivity index (χ2n) is 4.20. The Balaban J connectivity index is 2.19. The van der Waals surface area contributed by atoms with Gasteiger partial charge in [-0.05, 0) is 18.6 Å². The molecule has 1 aliphatic heterocycles. The smallest absolute Gasteiger partial charge is 0.239 e. The van der Waals surface area contributed by atoms with Crippen molar-refractivity contribution in [2.24, 2.45) is 11.4 Å². The van der Waals surface area contributed by atoms with Crippen molar-refractivity contribution in [3.05, 3.63) is 42.4 Å². The van der Waals surface area contributed by atoms with Crippen LogP contribution in [0, 0.1) is 0 Å². The first-order chi connectivity index (χ1) is 8.77. The summed E-state index contributed by atoms with van der Waals surface area (Å²) in [5.74, 6) is 0. The number of allylic oxidation sites excluding steroid dienone is 1. The van der Waals surface area contributed by atoms with Crippen LogP contribution in [0.15, 0.2) is 41.3 Å². The van der Waals surface area contributed by atoms with Crippen molar-refractivity contribution >= 4 is 18.3 Å². The van der Waals surface area contributed by atoms with Gasteiger partial charge in [-0.3, -0.25) is 0 Å². The Morgan fingerprint density at radius 3 is 3.17 bits per heavy atom. The topological polar surface area (TPSA) is 37.5 Å². The highest BCUT2D eigenvalue weighted by Gasteiger charge is 2.37. The summed E-state index contributed by atoms with van der Waals surface area (Å²) >= 11 is 1.30. The van der Waals surface area contributed by atoms with Crippen LogP contribution in [0.3, 0.4) is 0 Å². The van der Waals surface area contributed by atoms with E-state index in [1.165, 1.54) is 12.1 Å². The van der Waals surface area contributed by atoms with Gasteiger partial charge >= 0.3 is 0 Å². The van der Waals surface area contributed by atoms with E-state index in [4.69, 9.17) is 4.74 Å². The molecule has 0 aromatic carbocycles. The number of nitrogens with zero attached hydrogens (tertiary/aromatic N) is 2. The first-order valence-electron chi connectivity index (χ1n) is 6.03. The van der Waals surface area contributed by atoms with Gasteiger partial charge in [0.25, 0.3) is 0 Å². The average Bonchev–Trinajstić information content (AvgIpc) is 2.85. The van der Waals surface area contributed by atoms with Crippen molar-refractivity contribution in [2.45, 2.75) is 25.5 Å². The third kappa shape index (κ3) is 2.91. The third-order valence-electron chi connectivity index (χ3n) is 2.66. The van der Waals surface area contributed by atoms with Crippen molar-refractivity contribution in [2.75, 3.05) is 0 Å². The molecule has 1 N–H and O–H groups in total. The first-order valence-corrected chi connectivity index (χ1v) is 6.80. The fourth-order valence-corrected chi connectivity index (χ4v) is 2.28. The molecule has 0 spiro atoms. The molecule has 0 radical (unpaired) electrons. The summed E-state index contributed by atoms with van der Waals surface area (Å²) in [6.07, 6.45) is 11.7. The maximum atomic E-state index is 5.86. The fraction of sp³-hybridized carbons (Fsp3) is 0.385. The Bertz CT molecular complexity index is 461. The summed E-state index contributed by atoms with van der Waals surface area (Å²) < 4.78 is 15.2. The van der Waals surface area contributed by atoms with Crippen molar-refractivity contribution < 1.29 is 9.30 Å². The highest BCUT2D eigenvalue weighted by molar-refractivity contribution is 7.96. The van der Waals surface area contributed by atoms with E-state index in [-0.39, 0.29) is 0 Å². The molecule has 2 rings (SSSR count). The minimum absolute atomic E-state index is 0.659. The van der Waals surface area contributed by atoms with Gasteiger partial charge in [0.1, 0.15) is 7.05 Å².